The van der Waals surface area contributed by atoms with E-state index in [0.29, 0.717) is 48.8 Å². The molecule has 0 spiro atoms. The summed E-state index contributed by atoms with van der Waals surface area (Å²) in [4.78, 5) is 53.6. The van der Waals surface area contributed by atoms with Crippen molar-refractivity contribution >= 4 is 56.9 Å². The Balaban J connectivity index is 1.34. The molecule has 1 aromatic carbocycles. The molecule has 1 heterocycles. The third-order valence-electron chi connectivity index (χ3n) is 7.37. The number of ether oxygens (including phenoxy) is 2. The first-order chi connectivity index (χ1) is 20.8. The van der Waals surface area contributed by atoms with Gasteiger partial charge in [0.1, 0.15) is 17.1 Å². The lowest BCUT2D eigenvalue weighted by molar-refractivity contribution is -0.151. The molecule has 1 saturated carbocycles. The van der Waals surface area contributed by atoms with Gasteiger partial charge in [0.25, 0.3) is 5.91 Å². The number of esters is 2. The summed E-state index contributed by atoms with van der Waals surface area (Å²) in [5.74, 6) is 0.141. The molecule has 1 aliphatic rings. The van der Waals surface area contributed by atoms with Crippen LogP contribution in [-0.2, 0) is 23.9 Å². The molecule has 3 rings (SSSR count). The smallest absolute Gasteiger partial charge is 0.306 e. The molecule has 2 aromatic rings. The molecule has 1 fully saturated rings. The zero-order valence-electron chi connectivity index (χ0n) is 25.4. The standard InChI is InChI=1S/C30H42N4O7S2/c1-5-17-34(20-35)21(3)27(43-42-6-2)16-18-39-28(36)8-7-9-29(37)40-24-13-11-23(12-14-24)33(4)30(38)22-10-15-25-26(19-22)32-41-31-25/h10,15,19-20,23-24H,5-9,11-14,16-18H2,1-4H3/b27-21-/t23-,24-. The maximum Gasteiger partial charge on any atom is 0.306 e. The van der Waals surface area contributed by atoms with Gasteiger partial charge in [-0.1, -0.05) is 35.4 Å². The quantitative estimate of drug-likeness (QED) is 0.120. The number of benzene rings is 1. The zero-order chi connectivity index (χ0) is 31.2. The lowest BCUT2D eigenvalue weighted by Gasteiger charge is -2.34. The lowest BCUT2D eigenvalue weighted by Crippen LogP contribution is -2.41. The van der Waals surface area contributed by atoms with Crippen molar-refractivity contribution in [1.82, 2.24) is 20.1 Å². The van der Waals surface area contributed by atoms with Crippen molar-refractivity contribution in [1.29, 1.82) is 0 Å². The number of carbonyl (C=O) groups is 4. The highest BCUT2D eigenvalue weighted by atomic mass is 33.1. The Morgan fingerprint density at radius 1 is 1.05 bits per heavy atom. The summed E-state index contributed by atoms with van der Waals surface area (Å²) in [5, 5.41) is 7.57. The molecule has 43 heavy (non-hydrogen) atoms. The molecular formula is C30H42N4O7S2. The number of aromatic nitrogens is 2. The van der Waals surface area contributed by atoms with E-state index in [-0.39, 0.29) is 49.4 Å². The minimum absolute atomic E-state index is 0.0506. The van der Waals surface area contributed by atoms with Crippen molar-refractivity contribution in [3.05, 3.63) is 34.4 Å². The van der Waals surface area contributed by atoms with E-state index in [1.54, 1.807) is 56.6 Å². The summed E-state index contributed by atoms with van der Waals surface area (Å²) in [6.07, 6.45) is 5.47. The fraction of sp³-hybridized carbons (Fsp3) is 0.600. The second-order valence-electron chi connectivity index (χ2n) is 10.4. The monoisotopic (exact) mass is 634 g/mol. The Morgan fingerprint density at radius 2 is 1.77 bits per heavy atom. The second kappa shape index (κ2) is 17.9. The number of fused-ring (bicyclic) bond motifs is 1. The maximum atomic E-state index is 13.0. The predicted molar refractivity (Wildman–Crippen MR) is 167 cm³/mol. The molecule has 0 N–H and O–H groups in total. The summed E-state index contributed by atoms with van der Waals surface area (Å²) in [6.45, 7) is 6.86. The van der Waals surface area contributed by atoms with E-state index in [9.17, 15) is 19.2 Å². The van der Waals surface area contributed by atoms with E-state index in [2.05, 4.69) is 17.2 Å². The Morgan fingerprint density at radius 3 is 2.47 bits per heavy atom. The second-order valence-corrected chi connectivity index (χ2v) is 13.1. The molecule has 0 bridgehead atoms. The number of carbonyl (C=O) groups excluding carboxylic acids is 4. The van der Waals surface area contributed by atoms with Crippen molar-refractivity contribution in [2.45, 2.75) is 90.7 Å². The highest BCUT2D eigenvalue weighted by Crippen LogP contribution is 2.35. The Kier molecular flexibility index (Phi) is 14.3. The van der Waals surface area contributed by atoms with Crippen LogP contribution in [0, 0.1) is 0 Å². The SMILES string of the molecule is CCCN(C=O)/C(C)=C(/CCOC(=O)CCCC(=O)O[C@H]1CC[C@H](N(C)C(=O)c2ccc3nonc3c2)CC1)SSCC. The number of hydrogen-bond acceptors (Lipinski definition) is 11. The molecule has 1 aromatic heterocycles. The summed E-state index contributed by atoms with van der Waals surface area (Å²) >= 11 is 0. The highest BCUT2D eigenvalue weighted by Gasteiger charge is 2.29. The van der Waals surface area contributed by atoms with Crippen molar-refractivity contribution < 1.29 is 33.3 Å². The van der Waals surface area contributed by atoms with Gasteiger partial charge in [0.2, 0.25) is 6.41 Å². The summed E-state index contributed by atoms with van der Waals surface area (Å²) in [6, 6.07) is 5.15. The third kappa shape index (κ3) is 10.6. The Bertz CT molecular complexity index is 1260. The van der Waals surface area contributed by atoms with Gasteiger partial charge in [0, 0.05) is 60.8 Å². The average Bonchev–Trinajstić information content (AvgIpc) is 3.49. The molecule has 0 aliphatic heterocycles. The van der Waals surface area contributed by atoms with Gasteiger partial charge in [0.15, 0.2) is 0 Å². The van der Waals surface area contributed by atoms with Crippen LogP contribution in [-0.4, -0.2) is 82.5 Å². The topological polar surface area (TPSA) is 132 Å². The van der Waals surface area contributed by atoms with Crippen molar-refractivity contribution in [3.8, 4) is 0 Å². The van der Waals surface area contributed by atoms with Gasteiger partial charge in [-0.05, 0) is 74.0 Å². The predicted octanol–water partition coefficient (Wildman–Crippen LogP) is 5.75. The first-order valence-corrected chi connectivity index (χ1v) is 17.1. The van der Waals surface area contributed by atoms with Crippen LogP contribution in [0.5, 0.6) is 0 Å². The summed E-state index contributed by atoms with van der Waals surface area (Å²) in [5.41, 5.74) is 2.55. The van der Waals surface area contributed by atoms with Crippen LogP contribution in [0.15, 0.2) is 33.4 Å². The van der Waals surface area contributed by atoms with E-state index in [1.165, 1.54) is 0 Å². The first kappa shape index (κ1) is 34.4. The molecule has 0 saturated heterocycles. The molecule has 13 heteroatoms. The van der Waals surface area contributed by atoms with Gasteiger partial charge in [-0.2, -0.15) is 0 Å². The van der Waals surface area contributed by atoms with E-state index in [0.717, 1.165) is 42.0 Å². The van der Waals surface area contributed by atoms with Crippen LogP contribution < -0.4 is 0 Å². The van der Waals surface area contributed by atoms with Gasteiger partial charge in [-0.25, -0.2) is 4.63 Å². The van der Waals surface area contributed by atoms with Crippen LogP contribution >= 0.6 is 21.6 Å². The number of rotatable bonds is 17. The number of allylic oxidation sites excluding steroid dienone is 1. The Hall–Kier alpha value is -3.06. The molecule has 2 amide bonds. The van der Waals surface area contributed by atoms with Gasteiger partial charge in [-0.15, -0.1) is 0 Å². The largest absolute Gasteiger partial charge is 0.465 e. The van der Waals surface area contributed by atoms with Crippen molar-refractivity contribution in [2.24, 2.45) is 0 Å². The third-order valence-corrected chi connectivity index (χ3v) is 10.1. The fourth-order valence-corrected chi connectivity index (χ4v) is 6.96. The van der Waals surface area contributed by atoms with Crippen LogP contribution in [0.4, 0.5) is 0 Å². The van der Waals surface area contributed by atoms with E-state index in [1.807, 2.05) is 13.8 Å². The summed E-state index contributed by atoms with van der Waals surface area (Å²) < 4.78 is 15.8. The molecule has 236 valence electrons. The minimum atomic E-state index is -0.356. The molecule has 0 radical (unpaired) electrons. The van der Waals surface area contributed by atoms with Gasteiger partial charge >= 0.3 is 11.9 Å². The molecule has 1 aliphatic carbocycles. The molecule has 0 unspecified atom stereocenters. The Labute approximate surface area is 260 Å². The van der Waals surface area contributed by atoms with Crippen LogP contribution in [0.25, 0.3) is 11.0 Å². The molecule has 0 atom stereocenters. The highest BCUT2D eigenvalue weighted by molar-refractivity contribution is 8.78. The van der Waals surface area contributed by atoms with Crippen LogP contribution in [0.3, 0.4) is 0 Å². The van der Waals surface area contributed by atoms with Crippen molar-refractivity contribution in [3.63, 3.8) is 0 Å². The first-order valence-electron chi connectivity index (χ1n) is 14.8. The van der Waals surface area contributed by atoms with E-state index >= 15 is 0 Å². The maximum absolute atomic E-state index is 13.0. The van der Waals surface area contributed by atoms with Crippen molar-refractivity contribution in [2.75, 3.05) is 26.0 Å². The van der Waals surface area contributed by atoms with Gasteiger partial charge in [-0.3, -0.25) is 19.2 Å². The number of nitrogens with zero attached hydrogens (tertiary/aromatic N) is 4. The molecular weight excluding hydrogens is 592 g/mol. The lowest BCUT2D eigenvalue weighted by atomic mass is 9.91. The fourth-order valence-electron chi connectivity index (χ4n) is 4.90. The summed E-state index contributed by atoms with van der Waals surface area (Å²) in [7, 11) is 5.08. The average molecular weight is 635 g/mol. The number of amides is 2. The van der Waals surface area contributed by atoms with Gasteiger partial charge < -0.3 is 19.3 Å². The number of hydrogen-bond donors (Lipinski definition) is 0. The van der Waals surface area contributed by atoms with Crippen LogP contribution in [0.2, 0.25) is 0 Å². The van der Waals surface area contributed by atoms with Crippen LogP contribution in [0.1, 0.15) is 88.9 Å². The minimum Gasteiger partial charge on any atom is -0.465 e. The van der Waals surface area contributed by atoms with Gasteiger partial charge in [0.05, 0.1) is 6.61 Å². The normalized spacial score (nSPS) is 17.2. The molecule has 11 nitrogen and oxygen atoms in total. The van der Waals surface area contributed by atoms with E-state index < -0.39 is 0 Å². The zero-order valence-corrected chi connectivity index (χ0v) is 27.0. The van der Waals surface area contributed by atoms with E-state index in [4.69, 9.17) is 14.1 Å².